The van der Waals surface area contributed by atoms with Crippen LogP contribution in [0, 0.1) is 13.8 Å². The number of amides is 1. The lowest BCUT2D eigenvalue weighted by molar-refractivity contribution is -0.116. The molecule has 0 saturated heterocycles. The van der Waals surface area contributed by atoms with E-state index in [0.29, 0.717) is 18.0 Å². The molecule has 2 N–H and O–H groups in total. The highest BCUT2D eigenvalue weighted by molar-refractivity contribution is 7.89. The van der Waals surface area contributed by atoms with Crippen molar-refractivity contribution in [3.8, 4) is 5.75 Å². The third kappa shape index (κ3) is 5.31. The first-order valence-electron chi connectivity index (χ1n) is 8.42. The van der Waals surface area contributed by atoms with Gasteiger partial charge in [0.25, 0.3) is 0 Å². The van der Waals surface area contributed by atoms with Gasteiger partial charge in [-0.05, 0) is 56.2 Å². The molecule has 0 heterocycles. The lowest BCUT2D eigenvalue weighted by atomic mass is 10.1. The Labute approximate surface area is 154 Å². The number of benzene rings is 2. The first-order chi connectivity index (χ1) is 12.3. The zero-order chi connectivity index (χ0) is 19.2. The zero-order valence-corrected chi connectivity index (χ0v) is 16.0. The summed E-state index contributed by atoms with van der Waals surface area (Å²) in [6.07, 6.45) is 0.0184. The van der Waals surface area contributed by atoms with Crippen LogP contribution in [0.4, 0.5) is 5.69 Å². The van der Waals surface area contributed by atoms with Crippen molar-refractivity contribution < 1.29 is 17.9 Å². The second-order valence-electron chi connectivity index (χ2n) is 5.87. The van der Waals surface area contributed by atoms with Gasteiger partial charge in [0, 0.05) is 13.0 Å². The predicted octanol–water partition coefficient (Wildman–Crippen LogP) is 3.01. The van der Waals surface area contributed by atoms with Crippen LogP contribution in [-0.2, 0) is 14.8 Å². The van der Waals surface area contributed by atoms with Gasteiger partial charge >= 0.3 is 0 Å². The Balaban J connectivity index is 1.92. The molecular formula is C19H24N2O4S. The lowest BCUT2D eigenvalue weighted by Gasteiger charge is -2.12. The number of rotatable bonds is 8. The number of ether oxygens (including phenoxy) is 1. The van der Waals surface area contributed by atoms with Crippen molar-refractivity contribution in [1.82, 2.24) is 4.72 Å². The Kier molecular flexibility index (Phi) is 6.76. The summed E-state index contributed by atoms with van der Waals surface area (Å²) in [4.78, 5) is 12.3. The van der Waals surface area contributed by atoms with E-state index in [1.807, 2.05) is 26.8 Å². The minimum Gasteiger partial charge on any atom is -0.492 e. The summed E-state index contributed by atoms with van der Waals surface area (Å²) in [5.74, 6) is 0.291. The van der Waals surface area contributed by atoms with Crippen LogP contribution in [0.5, 0.6) is 5.75 Å². The molecule has 2 rings (SSSR count). The SMILES string of the molecule is CCOc1ccccc1NC(=O)CCNS(=O)(=O)c1ccc(C)c(C)c1. The highest BCUT2D eigenvalue weighted by Crippen LogP contribution is 2.23. The normalized spacial score (nSPS) is 11.2. The van der Waals surface area contributed by atoms with Gasteiger partial charge in [0.1, 0.15) is 5.75 Å². The number of aryl methyl sites for hydroxylation is 2. The summed E-state index contributed by atoms with van der Waals surface area (Å²) in [7, 11) is -3.64. The summed E-state index contributed by atoms with van der Waals surface area (Å²) in [5, 5.41) is 2.74. The van der Waals surface area contributed by atoms with Crippen LogP contribution in [0.25, 0.3) is 0 Å². The first kappa shape index (κ1) is 19.9. The Morgan fingerprint density at radius 1 is 1.08 bits per heavy atom. The topological polar surface area (TPSA) is 84.5 Å². The molecule has 0 aliphatic rings. The highest BCUT2D eigenvalue weighted by Gasteiger charge is 2.15. The van der Waals surface area contributed by atoms with E-state index in [4.69, 9.17) is 4.74 Å². The summed E-state index contributed by atoms with van der Waals surface area (Å²) in [6.45, 7) is 6.14. The highest BCUT2D eigenvalue weighted by atomic mass is 32.2. The fraction of sp³-hybridized carbons (Fsp3) is 0.316. The third-order valence-electron chi connectivity index (χ3n) is 3.89. The molecule has 0 saturated carbocycles. The molecule has 2 aromatic rings. The van der Waals surface area contributed by atoms with Crippen LogP contribution in [0.1, 0.15) is 24.5 Å². The van der Waals surface area contributed by atoms with Gasteiger partial charge in [0.2, 0.25) is 15.9 Å². The zero-order valence-electron chi connectivity index (χ0n) is 15.2. The van der Waals surface area contributed by atoms with Crippen LogP contribution in [0.15, 0.2) is 47.4 Å². The molecule has 0 bridgehead atoms. The van der Waals surface area contributed by atoms with E-state index in [0.717, 1.165) is 11.1 Å². The first-order valence-corrected chi connectivity index (χ1v) is 9.90. The van der Waals surface area contributed by atoms with Gasteiger partial charge in [-0.25, -0.2) is 13.1 Å². The number of carbonyl (C=O) groups excluding carboxylic acids is 1. The predicted molar refractivity (Wildman–Crippen MR) is 102 cm³/mol. The molecule has 7 heteroatoms. The van der Waals surface area contributed by atoms with Gasteiger partial charge in [0.05, 0.1) is 17.2 Å². The molecule has 0 spiro atoms. The van der Waals surface area contributed by atoms with E-state index in [-0.39, 0.29) is 23.8 Å². The summed E-state index contributed by atoms with van der Waals surface area (Å²) in [5.41, 5.74) is 2.49. The van der Waals surface area contributed by atoms with E-state index >= 15 is 0 Å². The average Bonchev–Trinajstić information content (AvgIpc) is 2.59. The molecule has 0 aromatic heterocycles. The van der Waals surface area contributed by atoms with Crippen molar-refractivity contribution in [2.75, 3.05) is 18.5 Å². The van der Waals surface area contributed by atoms with Gasteiger partial charge in [-0.15, -0.1) is 0 Å². The standard InChI is InChI=1S/C19H24N2O4S/c1-4-25-18-8-6-5-7-17(18)21-19(22)11-12-20-26(23,24)16-10-9-14(2)15(3)13-16/h5-10,13,20H,4,11-12H2,1-3H3,(H,21,22). The Morgan fingerprint density at radius 3 is 2.50 bits per heavy atom. The van der Waals surface area contributed by atoms with Gasteiger partial charge in [-0.1, -0.05) is 18.2 Å². The van der Waals surface area contributed by atoms with Crippen molar-refractivity contribution in [3.63, 3.8) is 0 Å². The third-order valence-corrected chi connectivity index (χ3v) is 5.35. The summed E-state index contributed by atoms with van der Waals surface area (Å²) < 4.78 is 32.5. The van der Waals surface area contributed by atoms with Crippen molar-refractivity contribution in [3.05, 3.63) is 53.6 Å². The minimum absolute atomic E-state index is 0.0118. The van der Waals surface area contributed by atoms with E-state index in [1.165, 1.54) is 0 Å². The van der Waals surface area contributed by atoms with Crippen LogP contribution in [-0.4, -0.2) is 27.5 Å². The average molecular weight is 376 g/mol. The van der Waals surface area contributed by atoms with E-state index < -0.39 is 10.0 Å². The number of anilines is 1. The monoisotopic (exact) mass is 376 g/mol. The maximum absolute atomic E-state index is 12.3. The van der Waals surface area contributed by atoms with Crippen LogP contribution < -0.4 is 14.8 Å². The maximum atomic E-state index is 12.3. The number of nitrogens with one attached hydrogen (secondary N) is 2. The van der Waals surface area contributed by atoms with Crippen molar-refractivity contribution in [2.45, 2.75) is 32.1 Å². The van der Waals surface area contributed by atoms with Crippen LogP contribution in [0.3, 0.4) is 0 Å². The van der Waals surface area contributed by atoms with E-state index in [2.05, 4.69) is 10.0 Å². The van der Waals surface area contributed by atoms with Crippen molar-refractivity contribution in [2.24, 2.45) is 0 Å². The fourth-order valence-corrected chi connectivity index (χ4v) is 3.44. The molecule has 1 amide bonds. The number of sulfonamides is 1. The number of para-hydroxylation sites is 2. The summed E-state index contributed by atoms with van der Waals surface area (Å²) in [6, 6.07) is 12.1. The van der Waals surface area contributed by atoms with Crippen molar-refractivity contribution >= 4 is 21.6 Å². The number of hydrogen-bond donors (Lipinski definition) is 2. The molecule has 0 radical (unpaired) electrons. The van der Waals surface area contributed by atoms with Crippen LogP contribution in [0.2, 0.25) is 0 Å². The maximum Gasteiger partial charge on any atom is 0.240 e. The molecule has 2 aromatic carbocycles. The van der Waals surface area contributed by atoms with Gasteiger partial charge in [0.15, 0.2) is 0 Å². The van der Waals surface area contributed by atoms with Gasteiger partial charge in [-0.3, -0.25) is 4.79 Å². The van der Waals surface area contributed by atoms with Crippen molar-refractivity contribution in [1.29, 1.82) is 0 Å². The molecule has 0 aliphatic carbocycles. The van der Waals surface area contributed by atoms with Crippen LogP contribution >= 0.6 is 0 Å². The van der Waals surface area contributed by atoms with E-state index in [9.17, 15) is 13.2 Å². The smallest absolute Gasteiger partial charge is 0.240 e. The Hall–Kier alpha value is -2.38. The Morgan fingerprint density at radius 2 is 1.81 bits per heavy atom. The fourth-order valence-electron chi connectivity index (χ4n) is 2.33. The molecular weight excluding hydrogens is 352 g/mol. The molecule has 140 valence electrons. The molecule has 0 unspecified atom stereocenters. The molecule has 0 aliphatic heterocycles. The second kappa shape index (κ2) is 8.82. The van der Waals surface area contributed by atoms with E-state index in [1.54, 1.807) is 36.4 Å². The Bertz CT molecular complexity index is 879. The molecule has 6 nitrogen and oxygen atoms in total. The lowest BCUT2D eigenvalue weighted by Crippen LogP contribution is -2.28. The van der Waals surface area contributed by atoms with Gasteiger partial charge in [-0.2, -0.15) is 0 Å². The molecule has 26 heavy (non-hydrogen) atoms. The van der Waals surface area contributed by atoms with Gasteiger partial charge < -0.3 is 10.1 Å². The summed E-state index contributed by atoms with van der Waals surface area (Å²) >= 11 is 0. The second-order valence-corrected chi connectivity index (χ2v) is 7.64. The largest absolute Gasteiger partial charge is 0.492 e. The molecule has 0 fully saturated rings. The number of carbonyl (C=O) groups is 1. The quantitative estimate of drug-likeness (QED) is 0.742. The number of hydrogen-bond acceptors (Lipinski definition) is 4. The minimum atomic E-state index is -3.64. The molecule has 0 atom stereocenters.